The number of carbonyl (C=O) groups excluding carboxylic acids is 1. The minimum Gasteiger partial charge on any atom is -0.504 e. The summed E-state index contributed by atoms with van der Waals surface area (Å²) >= 11 is 0. The topological polar surface area (TPSA) is 79.2 Å². The maximum atomic E-state index is 12.6. The predicted molar refractivity (Wildman–Crippen MR) is 99.8 cm³/mol. The predicted octanol–water partition coefficient (Wildman–Crippen LogP) is 1.82. The maximum Gasteiger partial charge on any atom is 0.220 e. The molecule has 1 aliphatic heterocycles. The quantitative estimate of drug-likeness (QED) is 0.844. The Morgan fingerprint density at radius 1 is 1.33 bits per heavy atom. The third-order valence-corrected chi connectivity index (χ3v) is 6.35. The van der Waals surface area contributed by atoms with Gasteiger partial charge in [0.15, 0.2) is 17.3 Å². The van der Waals surface area contributed by atoms with E-state index in [1.165, 1.54) is 14.2 Å². The van der Waals surface area contributed by atoms with Crippen LogP contribution in [0.15, 0.2) is 29.6 Å². The molecule has 0 unspecified atom stereocenters. The lowest BCUT2D eigenvalue weighted by Gasteiger charge is -2.47. The largest absolute Gasteiger partial charge is 0.504 e. The number of nitrogens with zero attached hydrogens (tertiary/aromatic N) is 1. The second kappa shape index (κ2) is 6.39. The summed E-state index contributed by atoms with van der Waals surface area (Å²) < 4.78 is 10.7. The standard InChI is InChI=1S/C21H25NO5/c1-22-7-6-21-10-18(27-3)16(24)9-14(21)15(22)5-4-12-8-17(26-2)20(25)13(11-23)19(12)21/h8-10,15,23,25H,4-7,11H2,1-3H3/t15-,21-/m1/s1. The van der Waals surface area contributed by atoms with E-state index < -0.39 is 5.41 Å². The third-order valence-electron chi connectivity index (χ3n) is 6.35. The first-order valence-corrected chi connectivity index (χ1v) is 9.23. The van der Waals surface area contributed by atoms with Gasteiger partial charge in [0.2, 0.25) is 5.78 Å². The highest BCUT2D eigenvalue weighted by atomic mass is 16.5. The second-order valence-corrected chi connectivity index (χ2v) is 7.53. The third kappa shape index (κ3) is 2.43. The Balaban J connectivity index is 2.07. The van der Waals surface area contributed by atoms with Gasteiger partial charge < -0.3 is 19.7 Å². The van der Waals surface area contributed by atoms with E-state index in [9.17, 15) is 15.0 Å². The molecule has 0 saturated carbocycles. The number of hydrogen-bond acceptors (Lipinski definition) is 6. The van der Waals surface area contributed by atoms with Crippen molar-refractivity contribution in [3.05, 3.63) is 46.2 Å². The first-order chi connectivity index (χ1) is 13.0. The van der Waals surface area contributed by atoms with Crippen molar-refractivity contribution in [3.8, 4) is 11.5 Å². The summed E-state index contributed by atoms with van der Waals surface area (Å²) in [5.41, 5.74) is 2.87. The number of phenols is 1. The summed E-state index contributed by atoms with van der Waals surface area (Å²) in [6.07, 6.45) is 5.99. The first-order valence-electron chi connectivity index (χ1n) is 9.23. The summed E-state index contributed by atoms with van der Waals surface area (Å²) in [5.74, 6) is 0.519. The fourth-order valence-electron chi connectivity index (χ4n) is 5.07. The van der Waals surface area contributed by atoms with Gasteiger partial charge >= 0.3 is 0 Å². The van der Waals surface area contributed by atoms with Gasteiger partial charge in [-0.2, -0.15) is 0 Å². The van der Waals surface area contributed by atoms with Crippen LogP contribution in [-0.2, 0) is 28.0 Å². The van der Waals surface area contributed by atoms with Crippen molar-refractivity contribution < 1.29 is 24.5 Å². The van der Waals surface area contributed by atoms with Gasteiger partial charge in [-0.3, -0.25) is 9.69 Å². The van der Waals surface area contributed by atoms with Gasteiger partial charge in [0, 0.05) is 17.0 Å². The lowest BCUT2D eigenvalue weighted by atomic mass is 9.63. The smallest absolute Gasteiger partial charge is 0.220 e. The number of aromatic hydroxyl groups is 1. The van der Waals surface area contributed by atoms with Crippen LogP contribution in [0.4, 0.5) is 0 Å². The number of rotatable bonds is 3. The number of aliphatic hydroxyl groups excluding tert-OH is 1. The maximum absolute atomic E-state index is 12.6. The van der Waals surface area contributed by atoms with Crippen LogP contribution in [0, 0.1) is 0 Å². The molecule has 6 nitrogen and oxygen atoms in total. The molecule has 1 aromatic carbocycles. The molecule has 0 aromatic heterocycles. The van der Waals surface area contributed by atoms with E-state index in [-0.39, 0.29) is 24.2 Å². The number of methoxy groups -OCH3 is 2. The van der Waals surface area contributed by atoms with Gasteiger partial charge in [-0.05, 0) is 67.8 Å². The molecule has 6 heteroatoms. The molecule has 0 spiro atoms. The van der Waals surface area contributed by atoms with Crippen LogP contribution in [0.5, 0.6) is 11.5 Å². The molecule has 2 bridgehead atoms. The zero-order valence-corrected chi connectivity index (χ0v) is 15.9. The Morgan fingerprint density at radius 3 is 2.78 bits per heavy atom. The molecule has 0 radical (unpaired) electrons. The summed E-state index contributed by atoms with van der Waals surface area (Å²) in [7, 11) is 5.09. The van der Waals surface area contributed by atoms with E-state index in [0.717, 1.165) is 42.5 Å². The molecule has 1 aromatic rings. The average Bonchev–Trinajstić information content (AvgIpc) is 2.76. The number of aryl methyl sites for hydroxylation is 1. The zero-order chi connectivity index (χ0) is 19.3. The molecule has 144 valence electrons. The van der Waals surface area contributed by atoms with Crippen molar-refractivity contribution in [1.82, 2.24) is 4.90 Å². The fourth-order valence-corrected chi connectivity index (χ4v) is 5.07. The molecule has 2 aliphatic carbocycles. The van der Waals surface area contributed by atoms with Crippen LogP contribution < -0.4 is 4.74 Å². The number of ether oxygens (including phenoxy) is 2. The van der Waals surface area contributed by atoms with Crippen LogP contribution >= 0.6 is 0 Å². The summed E-state index contributed by atoms with van der Waals surface area (Å²) in [6.45, 7) is 0.547. The molecule has 27 heavy (non-hydrogen) atoms. The van der Waals surface area contributed by atoms with Crippen LogP contribution in [0.1, 0.15) is 29.5 Å². The van der Waals surface area contributed by atoms with Gasteiger partial charge in [-0.25, -0.2) is 0 Å². The van der Waals surface area contributed by atoms with Crippen molar-refractivity contribution in [2.24, 2.45) is 0 Å². The van der Waals surface area contributed by atoms with E-state index in [1.807, 2.05) is 12.1 Å². The van der Waals surface area contributed by atoms with Crippen LogP contribution in [0.25, 0.3) is 0 Å². The van der Waals surface area contributed by atoms with Gasteiger partial charge in [-0.1, -0.05) is 0 Å². The molecular weight excluding hydrogens is 346 g/mol. The van der Waals surface area contributed by atoms with Crippen molar-refractivity contribution in [2.45, 2.75) is 37.3 Å². The molecule has 3 aliphatic rings. The van der Waals surface area contributed by atoms with Crippen LogP contribution in [-0.4, -0.2) is 54.8 Å². The van der Waals surface area contributed by atoms with Gasteiger partial charge in [0.05, 0.1) is 20.8 Å². The number of hydrogen-bond donors (Lipinski definition) is 2. The number of ketones is 1. The van der Waals surface area contributed by atoms with E-state index in [0.29, 0.717) is 17.1 Å². The fraction of sp³-hybridized carbons (Fsp3) is 0.476. The van der Waals surface area contributed by atoms with Crippen molar-refractivity contribution in [3.63, 3.8) is 0 Å². The highest BCUT2D eigenvalue weighted by molar-refractivity contribution is 6.05. The molecule has 2 N–H and O–H groups in total. The number of aliphatic hydroxyl groups is 1. The summed E-state index contributed by atoms with van der Waals surface area (Å²) in [4.78, 5) is 14.8. The van der Waals surface area contributed by atoms with Gasteiger partial charge in [0.1, 0.15) is 0 Å². The normalized spacial score (nSPS) is 27.1. The molecule has 1 saturated heterocycles. The first kappa shape index (κ1) is 18.1. The number of carbonyl (C=O) groups is 1. The molecular formula is C21H25NO5. The van der Waals surface area contributed by atoms with Crippen LogP contribution in [0.3, 0.4) is 0 Å². The molecule has 0 amide bonds. The van der Waals surface area contributed by atoms with Crippen LogP contribution in [0.2, 0.25) is 0 Å². The highest BCUT2D eigenvalue weighted by Gasteiger charge is 2.50. The van der Waals surface area contributed by atoms with Gasteiger partial charge in [-0.15, -0.1) is 0 Å². The summed E-state index contributed by atoms with van der Waals surface area (Å²) in [5, 5.41) is 20.8. The van der Waals surface area contributed by atoms with Gasteiger partial charge in [0.25, 0.3) is 0 Å². The number of benzene rings is 1. The molecule has 1 fully saturated rings. The lowest BCUT2D eigenvalue weighted by Crippen LogP contribution is -2.50. The highest BCUT2D eigenvalue weighted by Crippen LogP contribution is 2.54. The van der Waals surface area contributed by atoms with E-state index >= 15 is 0 Å². The zero-order valence-electron chi connectivity index (χ0n) is 15.9. The second-order valence-electron chi connectivity index (χ2n) is 7.53. The minimum atomic E-state index is -0.565. The minimum absolute atomic E-state index is 0.0332. The molecule has 2 atom stereocenters. The number of allylic oxidation sites excluding steroid dienone is 2. The Morgan fingerprint density at radius 2 is 2.11 bits per heavy atom. The number of likely N-dealkylation sites (tertiary alicyclic amines) is 1. The van der Waals surface area contributed by atoms with E-state index in [4.69, 9.17) is 9.47 Å². The van der Waals surface area contributed by atoms with Crippen molar-refractivity contribution >= 4 is 5.78 Å². The average molecular weight is 371 g/mol. The Bertz CT molecular complexity index is 872. The number of piperidine rings is 1. The van der Waals surface area contributed by atoms with Crippen molar-refractivity contribution in [1.29, 1.82) is 0 Å². The number of fused-ring (bicyclic) bond motifs is 1. The number of likely N-dealkylation sites (N-methyl/N-ethyl adjacent to an activating group) is 1. The molecule has 1 heterocycles. The summed E-state index contributed by atoms with van der Waals surface area (Å²) in [6, 6.07) is 2.00. The van der Waals surface area contributed by atoms with E-state index in [2.05, 4.69) is 11.9 Å². The van der Waals surface area contributed by atoms with E-state index in [1.54, 1.807) is 6.08 Å². The Labute approximate surface area is 158 Å². The molecule has 4 rings (SSSR count). The van der Waals surface area contributed by atoms with Crippen molar-refractivity contribution in [2.75, 3.05) is 27.8 Å². The SMILES string of the molecule is COC1=C[C@@]23CCN(C)[C@H](CCc4cc(OC)c(O)c(CO)c42)C3=CC1=O. The Hall–Kier alpha value is -2.31. The monoisotopic (exact) mass is 371 g/mol. The Kier molecular flexibility index (Phi) is 4.28. The lowest BCUT2D eigenvalue weighted by molar-refractivity contribution is -0.114.